The number of nitrogens with zero attached hydrogens (tertiary/aromatic N) is 3. The molecule has 8 heteroatoms. The van der Waals surface area contributed by atoms with E-state index in [-0.39, 0.29) is 29.7 Å². The Labute approximate surface area is 197 Å². The zero-order chi connectivity index (χ0) is 20.2. The second-order valence-corrected chi connectivity index (χ2v) is 10.3. The van der Waals surface area contributed by atoms with Crippen molar-refractivity contribution in [1.29, 1.82) is 0 Å². The van der Waals surface area contributed by atoms with Gasteiger partial charge in [0.25, 0.3) is 0 Å². The Morgan fingerprint density at radius 3 is 2.57 bits per heavy atom. The number of thiazole rings is 1. The molecule has 1 aromatic heterocycles. The van der Waals surface area contributed by atoms with Crippen LogP contribution in [0.25, 0.3) is 10.2 Å². The third kappa shape index (κ3) is 5.87. The average Bonchev–Trinajstić information content (AvgIpc) is 3.34. The van der Waals surface area contributed by atoms with E-state index >= 15 is 0 Å². The first-order valence-electron chi connectivity index (χ1n) is 10.9. The van der Waals surface area contributed by atoms with Crippen LogP contribution < -0.4 is 4.87 Å². The van der Waals surface area contributed by atoms with Crippen LogP contribution in [0.5, 0.6) is 0 Å². The molecule has 0 spiro atoms. The van der Waals surface area contributed by atoms with Crippen molar-refractivity contribution in [3.05, 3.63) is 32.3 Å². The van der Waals surface area contributed by atoms with E-state index in [1.165, 1.54) is 63.1 Å². The molecule has 0 unspecified atom stereocenters. The van der Waals surface area contributed by atoms with Crippen LogP contribution in [0.4, 0.5) is 0 Å². The summed E-state index contributed by atoms with van der Waals surface area (Å²) in [5, 5.41) is 0. The molecule has 2 aromatic rings. The van der Waals surface area contributed by atoms with Crippen LogP contribution in [0.15, 0.2) is 27.5 Å². The zero-order valence-corrected chi connectivity index (χ0v) is 20.6. The van der Waals surface area contributed by atoms with Crippen LogP contribution >= 0.6 is 39.7 Å². The Hall–Kier alpha value is -0.890. The predicted octanol–water partition coefficient (Wildman–Crippen LogP) is 4.75. The Balaban J connectivity index is 0.00000256. The SMILES string of the molecule is Cl.O=C(Cn1c(=O)sc2ccc(Br)cc21)N1CCC(CCCCN2CCCC2)CC1. The van der Waals surface area contributed by atoms with Gasteiger partial charge in [-0.2, -0.15) is 0 Å². The number of carbonyl (C=O) groups excluding carboxylic acids is 1. The van der Waals surface area contributed by atoms with Gasteiger partial charge in [-0.3, -0.25) is 14.2 Å². The van der Waals surface area contributed by atoms with Gasteiger partial charge < -0.3 is 9.80 Å². The van der Waals surface area contributed by atoms with Gasteiger partial charge in [-0.15, -0.1) is 12.4 Å². The second-order valence-electron chi connectivity index (χ2n) is 8.43. The number of benzene rings is 1. The summed E-state index contributed by atoms with van der Waals surface area (Å²) in [7, 11) is 0. The van der Waals surface area contributed by atoms with E-state index in [9.17, 15) is 9.59 Å². The monoisotopic (exact) mass is 515 g/mol. The van der Waals surface area contributed by atoms with Gasteiger partial charge in [0.05, 0.1) is 10.2 Å². The number of rotatable bonds is 7. The van der Waals surface area contributed by atoms with E-state index in [4.69, 9.17) is 0 Å². The number of unbranched alkanes of at least 4 members (excludes halogenated alkanes) is 1. The van der Waals surface area contributed by atoms with Gasteiger partial charge in [-0.1, -0.05) is 40.1 Å². The van der Waals surface area contributed by atoms with Crippen LogP contribution in [-0.2, 0) is 11.3 Å². The summed E-state index contributed by atoms with van der Waals surface area (Å²) in [6, 6.07) is 5.79. The number of hydrogen-bond acceptors (Lipinski definition) is 4. The highest BCUT2D eigenvalue weighted by molar-refractivity contribution is 9.10. The molecule has 0 atom stereocenters. The third-order valence-corrected chi connectivity index (χ3v) is 7.88. The standard InChI is InChI=1S/C22H30BrN3O2S.ClH/c23-18-6-7-20-19(15-18)26(22(28)29-20)16-21(27)25-13-8-17(9-14-25)5-1-2-10-24-11-3-4-12-24;/h6-7,15,17H,1-5,8-14,16H2;1H. The molecule has 1 amide bonds. The molecule has 0 aliphatic carbocycles. The number of hydrogen-bond donors (Lipinski definition) is 0. The molecule has 166 valence electrons. The molecule has 3 heterocycles. The molecular formula is C22H31BrClN3O2S. The number of aromatic nitrogens is 1. The molecule has 2 aliphatic rings. The minimum atomic E-state index is -0.0562. The summed E-state index contributed by atoms with van der Waals surface area (Å²) in [6.07, 6.45) is 8.84. The van der Waals surface area contributed by atoms with E-state index in [0.717, 1.165) is 46.5 Å². The van der Waals surface area contributed by atoms with Crippen molar-refractivity contribution in [3.8, 4) is 0 Å². The summed E-state index contributed by atoms with van der Waals surface area (Å²) in [5.74, 6) is 0.817. The highest BCUT2D eigenvalue weighted by Crippen LogP contribution is 2.25. The fourth-order valence-corrected chi connectivity index (χ4v) is 5.89. The molecule has 30 heavy (non-hydrogen) atoms. The molecule has 2 aliphatic heterocycles. The maximum absolute atomic E-state index is 12.8. The van der Waals surface area contributed by atoms with Crippen LogP contribution in [0.1, 0.15) is 44.9 Å². The maximum Gasteiger partial charge on any atom is 0.308 e. The van der Waals surface area contributed by atoms with E-state index in [2.05, 4.69) is 20.8 Å². The number of carbonyl (C=O) groups is 1. The lowest BCUT2D eigenvalue weighted by Gasteiger charge is -2.32. The van der Waals surface area contributed by atoms with Gasteiger partial charge in [-0.05, 0) is 75.9 Å². The number of halogens is 2. The van der Waals surface area contributed by atoms with Gasteiger partial charge in [0.15, 0.2) is 0 Å². The van der Waals surface area contributed by atoms with E-state index in [1.54, 1.807) is 4.57 Å². The fraction of sp³-hybridized carbons (Fsp3) is 0.636. The molecular weight excluding hydrogens is 486 g/mol. The highest BCUT2D eigenvalue weighted by atomic mass is 79.9. The second kappa shape index (κ2) is 11.1. The lowest BCUT2D eigenvalue weighted by Crippen LogP contribution is -2.41. The average molecular weight is 517 g/mol. The van der Waals surface area contributed by atoms with Crippen molar-refractivity contribution in [2.24, 2.45) is 5.92 Å². The number of piperidine rings is 1. The first-order chi connectivity index (χ1) is 14.1. The molecule has 1 aromatic carbocycles. The fourth-order valence-electron chi connectivity index (χ4n) is 4.67. The Morgan fingerprint density at radius 2 is 1.83 bits per heavy atom. The van der Waals surface area contributed by atoms with Crippen molar-refractivity contribution in [2.45, 2.75) is 51.5 Å². The summed E-state index contributed by atoms with van der Waals surface area (Å²) in [6.45, 7) is 5.65. The Kier molecular flexibility index (Phi) is 8.81. The van der Waals surface area contributed by atoms with Crippen LogP contribution in [-0.4, -0.2) is 53.0 Å². The van der Waals surface area contributed by atoms with Gasteiger partial charge >= 0.3 is 4.87 Å². The van der Waals surface area contributed by atoms with E-state index in [0.29, 0.717) is 0 Å². The van der Waals surface area contributed by atoms with Gasteiger partial charge in [0, 0.05) is 17.6 Å². The van der Waals surface area contributed by atoms with Crippen LogP contribution in [0.2, 0.25) is 0 Å². The smallest absolute Gasteiger partial charge is 0.308 e. The molecule has 2 saturated heterocycles. The quantitative estimate of drug-likeness (QED) is 0.499. The molecule has 4 rings (SSSR count). The summed E-state index contributed by atoms with van der Waals surface area (Å²) < 4.78 is 3.48. The molecule has 5 nitrogen and oxygen atoms in total. The molecule has 2 fully saturated rings. The first-order valence-corrected chi connectivity index (χ1v) is 12.5. The topological polar surface area (TPSA) is 45.6 Å². The summed E-state index contributed by atoms with van der Waals surface area (Å²) >= 11 is 4.67. The minimum absolute atomic E-state index is 0. The lowest BCUT2D eigenvalue weighted by molar-refractivity contribution is -0.133. The van der Waals surface area contributed by atoms with Gasteiger partial charge in [0.2, 0.25) is 5.91 Å². The minimum Gasteiger partial charge on any atom is -0.341 e. The van der Waals surface area contributed by atoms with Crippen LogP contribution in [0, 0.1) is 5.92 Å². The normalized spacial score (nSPS) is 18.1. The zero-order valence-electron chi connectivity index (χ0n) is 17.4. The van der Waals surface area contributed by atoms with Crippen molar-refractivity contribution < 1.29 is 4.79 Å². The predicted molar refractivity (Wildman–Crippen MR) is 130 cm³/mol. The number of likely N-dealkylation sites (tertiary alicyclic amines) is 2. The third-order valence-electron chi connectivity index (χ3n) is 6.43. The Morgan fingerprint density at radius 1 is 1.10 bits per heavy atom. The molecule has 0 saturated carbocycles. The molecule has 0 radical (unpaired) electrons. The Bertz CT molecular complexity index is 901. The largest absolute Gasteiger partial charge is 0.341 e. The maximum atomic E-state index is 12.8. The first kappa shape index (κ1) is 23.8. The lowest BCUT2D eigenvalue weighted by atomic mass is 9.91. The van der Waals surface area contributed by atoms with Crippen molar-refractivity contribution in [3.63, 3.8) is 0 Å². The van der Waals surface area contributed by atoms with E-state index < -0.39 is 0 Å². The van der Waals surface area contributed by atoms with Crippen molar-refractivity contribution >= 4 is 55.8 Å². The highest BCUT2D eigenvalue weighted by Gasteiger charge is 2.24. The summed E-state index contributed by atoms with van der Waals surface area (Å²) in [4.78, 5) is 29.7. The summed E-state index contributed by atoms with van der Waals surface area (Å²) in [5.41, 5.74) is 0.843. The van der Waals surface area contributed by atoms with E-state index in [1.807, 2.05) is 23.1 Å². The molecule has 0 bridgehead atoms. The van der Waals surface area contributed by atoms with Gasteiger partial charge in [0.1, 0.15) is 6.54 Å². The van der Waals surface area contributed by atoms with Gasteiger partial charge in [-0.25, -0.2) is 0 Å². The molecule has 0 N–H and O–H groups in total. The van der Waals surface area contributed by atoms with Crippen molar-refractivity contribution in [2.75, 3.05) is 32.7 Å². The number of fused-ring (bicyclic) bond motifs is 1. The van der Waals surface area contributed by atoms with Crippen LogP contribution in [0.3, 0.4) is 0 Å². The number of amides is 1. The van der Waals surface area contributed by atoms with Crippen molar-refractivity contribution in [1.82, 2.24) is 14.4 Å².